The van der Waals surface area contributed by atoms with E-state index < -0.39 is 24.5 Å². The smallest absolute Gasteiger partial charge is 0.224 e. The number of nitrogens with one attached hydrogen (secondary N) is 2. The molecule has 0 saturated heterocycles. The molecule has 2 amide bonds. The van der Waals surface area contributed by atoms with Crippen LogP contribution in [0.5, 0.6) is 5.75 Å². The molecule has 3 rings (SSSR count). The summed E-state index contributed by atoms with van der Waals surface area (Å²) in [6.45, 7) is 6.33. The highest BCUT2D eigenvalue weighted by molar-refractivity contribution is 5.94. The number of aliphatic hydroxyl groups excluding tert-OH is 1. The van der Waals surface area contributed by atoms with Crippen LogP contribution in [0.15, 0.2) is 24.3 Å². The van der Waals surface area contributed by atoms with Gasteiger partial charge in [0, 0.05) is 31.2 Å². The third-order valence-electron chi connectivity index (χ3n) is 6.56. The number of Topliss-reactive ketones (excluding diaryl/α,β-unsaturated/α-hetero) is 2. The third kappa shape index (κ3) is 9.72. The molecule has 0 aromatic heterocycles. The summed E-state index contributed by atoms with van der Waals surface area (Å²) >= 11 is 0. The van der Waals surface area contributed by atoms with Crippen molar-refractivity contribution in [3.05, 3.63) is 29.8 Å². The number of aliphatic hydroxyl groups is 1. The van der Waals surface area contributed by atoms with Gasteiger partial charge in [-0.25, -0.2) is 0 Å². The van der Waals surface area contributed by atoms with Crippen molar-refractivity contribution in [2.75, 3.05) is 19.8 Å². The first kappa shape index (κ1) is 29.5. The zero-order valence-corrected chi connectivity index (χ0v) is 21.9. The van der Waals surface area contributed by atoms with Gasteiger partial charge in [0.1, 0.15) is 12.4 Å². The fourth-order valence-electron chi connectivity index (χ4n) is 4.54. The Morgan fingerprint density at radius 3 is 2.50 bits per heavy atom. The van der Waals surface area contributed by atoms with Crippen molar-refractivity contribution in [2.45, 2.75) is 78.2 Å². The lowest BCUT2D eigenvalue weighted by atomic mass is 9.79. The molecule has 0 spiro atoms. The lowest BCUT2D eigenvalue weighted by molar-refractivity contribution is -0.137. The minimum absolute atomic E-state index is 0.0119. The molecule has 2 heterocycles. The molecule has 0 radical (unpaired) electrons. The normalized spacial score (nSPS) is 20.8. The van der Waals surface area contributed by atoms with Crippen molar-refractivity contribution in [1.82, 2.24) is 10.6 Å². The second kappa shape index (κ2) is 15.4. The summed E-state index contributed by atoms with van der Waals surface area (Å²) in [6.07, 6.45) is 3.60. The Labute approximate surface area is 214 Å². The average molecular weight is 503 g/mol. The van der Waals surface area contributed by atoms with Crippen molar-refractivity contribution in [3.63, 3.8) is 0 Å². The monoisotopic (exact) mass is 502 g/mol. The zero-order valence-electron chi connectivity index (χ0n) is 21.9. The van der Waals surface area contributed by atoms with E-state index in [1.807, 2.05) is 45.0 Å². The van der Waals surface area contributed by atoms with Crippen molar-refractivity contribution >= 4 is 23.4 Å². The van der Waals surface area contributed by atoms with Crippen molar-refractivity contribution in [3.8, 4) is 5.75 Å². The maximum atomic E-state index is 13.5. The first-order chi connectivity index (χ1) is 17.2. The molecule has 3 atom stereocenters. The van der Waals surface area contributed by atoms with E-state index in [4.69, 9.17) is 4.74 Å². The number of ether oxygens (including phenoxy) is 1. The van der Waals surface area contributed by atoms with Crippen LogP contribution in [0, 0.1) is 17.8 Å². The maximum Gasteiger partial charge on any atom is 0.224 e. The van der Waals surface area contributed by atoms with Gasteiger partial charge in [0.05, 0.1) is 12.6 Å². The minimum Gasteiger partial charge on any atom is -0.494 e. The molecular formula is C28H42N2O6. The summed E-state index contributed by atoms with van der Waals surface area (Å²) in [4.78, 5) is 51.5. The van der Waals surface area contributed by atoms with Gasteiger partial charge in [0.2, 0.25) is 11.8 Å². The number of rotatable bonds is 11. The van der Waals surface area contributed by atoms with E-state index in [1.165, 1.54) is 0 Å². The van der Waals surface area contributed by atoms with E-state index in [2.05, 4.69) is 10.6 Å². The Kier molecular flexibility index (Phi) is 12.6. The Balaban J connectivity index is 2.27. The minimum atomic E-state index is -0.824. The Bertz CT molecular complexity index is 867. The first-order valence-electron chi connectivity index (χ1n) is 13.2. The van der Waals surface area contributed by atoms with Crippen LogP contribution >= 0.6 is 0 Å². The number of fused-ring (bicyclic) bond motifs is 11. The van der Waals surface area contributed by atoms with Gasteiger partial charge in [-0.2, -0.15) is 0 Å². The molecule has 8 nitrogen and oxygen atoms in total. The molecule has 2 aliphatic rings. The summed E-state index contributed by atoms with van der Waals surface area (Å²) in [7, 11) is 0. The van der Waals surface area contributed by atoms with Crippen LogP contribution in [-0.2, 0) is 25.6 Å². The number of hydrogen-bond acceptors (Lipinski definition) is 6. The fraction of sp³-hybridized carbons (Fsp3) is 0.643. The summed E-state index contributed by atoms with van der Waals surface area (Å²) in [5.41, 5.74) is 0.855. The number of benzene rings is 1. The molecule has 0 aliphatic carbocycles. The van der Waals surface area contributed by atoms with E-state index in [0.717, 1.165) is 18.4 Å². The number of unbranched alkanes of at least 4 members (excludes halogenated alkanes) is 1. The maximum absolute atomic E-state index is 13.5. The largest absolute Gasteiger partial charge is 0.494 e. The zero-order chi connectivity index (χ0) is 26.5. The number of carbonyl (C=O) groups is 4. The van der Waals surface area contributed by atoms with Gasteiger partial charge in [-0.15, -0.1) is 0 Å². The molecule has 8 heteroatoms. The van der Waals surface area contributed by atoms with Crippen LogP contribution in [0.1, 0.15) is 71.3 Å². The van der Waals surface area contributed by atoms with E-state index in [0.29, 0.717) is 38.2 Å². The number of carbonyl (C=O) groups excluding carboxylic acids is 4. The van der Waals surface area contributed by atoms with Gasteiger partial charge >= 0.3 is 0 Å². The predicted molar refractivity (Wildman–Crippen MR) is 137 cm³/mol. The average Bonchev–Trinajstić information content (AvgIpc) is 2.85. The van der Waals surface area contributed by atoms with Crippen LogP contribution < -0.4 is 15.4 Å². The van der Waals surface area contributed by atoms with Crippen molar-refractivity contribution < 1.29 is 29.0 Å². The Morgan fingerprint density at radius 2 is 1.86 bits per heavy atom. The standard InChI is InChI=1S/C28H42N2O6/c1-4-5-14-29-27(34)13-12-25(32)24-17-20-8-10-21(11-9-20)36-15-6-7-22(26(33)18-31)23(16-19(2)3)28(35)30-24/h8-11,19,22-24,31H,4-7,12-18H2,1-3H3,(H,29,34)(H,30,35). The van der Waals surface area contributed by atoms with Crippen LogP contribution in [0.25, 0.3) is 0 Å². The quantitative estimate of drug-likeness (QED) is 0.400. The van der Waals surface area contributed by atoms with Crippen LogP contribution in [0.3, 0.4) is 0 Å². The summed E-state index contributed by atoms with van der Waals surface area (Å²) in [6, 6.07) is 6.56. The van der Waals surface area contributed by atoms with Crippen LogP contribution in [0.2, 0.25) is 0 Å². The second-order valence-electron chi connectivity index (χ2n) is 10.0. The van der Waals surface area contributed by atoms with Gasteiger partial charge in [-0.1, -0.05) is 39.3 Å². The number of amides is 2. The number of hydrogen-bond donors (Lipinski definition) is 3. The first-order valence-corrected chi connectivity index (χ1v) is 13.2. The summed E-state index contributed by atoms with van der Waals surface area (Å²) in [5, 5.41) is 15.3. The number of ketones is 2. The van der Waals surface area contributed by atoms with E-state index in [1.54, 1.807) is 0 Å². The van der Waals surface area contributed by atoms with Crippen LogP contribution in [-0.4, -0.2) is 54.3 Å². The molecule has 3 N–H and O–H groups in total. The van der Waals surface area contributed by atoms with Gasteiger partial charge < -0.3 is 20.5 Å². The van der Waals surface area contributed by atoms with Gasteiger partial charge in [0.15, 0.2) is 11.6 Å². The lowest BCUT2D eigenvalue weighted by Gasteiger charge is -2.29. The summed E-state index contributed by atoms with van der Waals surface area (Å²) < 4.78 is 5.80. The van der Waals surface area contributed by atoms with Gasteiger partial charge in [-0.3, -0.25) is 19.2 Å². The Hall–Kier alpha value is -2.74. The molecule has 2 bridgehead atoms. The Morgan fingerprint density at radius 1 is 1.14 bits per heavy atom. The fourth-order valence-corrected chi connectivity index (χ4v) is 4.54. The third-order valence-corrected chi connectivity index (χ3v) is 6.56. The van der Waals surface area contributed by atoms with Crippen LogP contribution in [0.4, 0.5) is 0 Å². The second-order valence-corrected chi connectivity index (χ2v) is 10.0. The highest BCUT2D eigenvalue weighted by Gasteiger charge is 2.35. The molecule has 1 aromatic rings. The molecule has 0 fully saturated rings. The van der Waals surface area contributed by atoms with E-state index in [-0.39, 0.29) is 48.6 Å². The van der Waals surface area contributed by atoms with Gasteiger partial charge in [-0.05, 0) is 55.7 Å². The van der Waals surface area contributed by atoms with Gasteiger partial charge in [0.25, 0.3) is 0 Å². The molecule has 36 heavy (non-hydrogen) atoms. The molecule has 200 valence electrons. The molecule has 1 aromatic carbocycles. The molecule has 0 saturated carbocycles. The molecular weight excluding hydrogens is 460 g/mol. The summed E-state index contributed by atoms with van der Waals surface area (Å²) in [5.74, 6) is -1.65. The molecule has 2 aliphatic heterocycles. The predicted octanol–water partition coefficient (Wildman–Crippen LogP) is 2.99. The van der Waals surface area contributed by atoms with E-state index in [9.17, 15) is 24.3 Å². The topological polar surface area (TPSA) is 122 Å². The highest BCUT2D eigenvalue weighted by atomic mass is 16.5. The lowest BCUT2D eigenvalue weighted by Crippen LogP contribution is -2.48. The molecule has 3 unspecified atom stereocenters. The SMILES string of the molecule is CCCCNC(=O)CCC(=O)C1Cc2ccc(cc2)OCCCC(C(=O)CO)C(CC(C)C)C(=O)N1. The van der Waals surface area contributed by atoms with E-state index >= 15 is 0 Å². The van der Waals surface area contributed by atoms with Crippen molar-refractivity contribution in [1.29, 1.82) is 0 Å². The van der Waals surface area contributed by atoms with Crippen molar-refractivity contribution in [2.24, 2.45) is 17.8 Å². The highest BCUT2D eigenvalue weighted by Crippen LogP contribution is 2.27.